The summed E-state index contributed by atoms with van der Waals surface area (Å²) in [6, 6.07) is 3.66. The standard InChI is InChI=1S/C19H26N4OS2/c1-10-14(19(24)23-18-9-21-11(2)26-18)8-17(25-10)15-7-16(15)22-13-5-3-12(20)4-6-13/h8-9,12-13,15-16,22H,3-7,20H2,1-2H3,(H,23,24). The van der Waals surface area contributed by atoms with Gasteiger partial charge in [0, 0.05) is 33.8 Å². The second-order valence-electron chi connectivity index (χ2n) is 7.54. The Kier molecular flexibility index (Phi) is 5.14. The molecule has 2 unspecified atom stereocenters. The Morgan fingerprint density at radius 2 is 2.00 bits per heavy atom. The number of nitrogens with one attached hydrogen (secondary N) is 2. The van der Waals surface area contributed by atoms with E-state index in [0.717, 1.165) is 33.3 Å². The third-order valence-electron chi connectivity index (χ3n) is 5.42. The zero-order valence-electron chi connectivity index (χ0n) is 15.2. The van der Waals surface area contributed by atoms with Crippen LogP contribution in [-0.4, -0.2) is 29.0 Å². The van der Waals surface area contributed by atoms with Crippen LogP contribution >= 0.6 is 22.7 Å². The third kappa shape index (κ3) is 4.01. The molecule has 0 aromatic carbocycles. The average molecular weight is 391 g/mol. The van der Waals surface area contributed by atoms with Crippen LogP contribution < -0.4 is 16.4 Å². The van der Waals surface area contributed by atoms with Gasteiger partial charge >= 0.3 is 0 Å². The predicted octanol–water partition coefficient (Wildman–Crippen LogP) is 3.79. The van der Waals surface area contributed by atoms with E-state index >= 15 is 0 Å². The molecule has 2 atom stereocenters. The van der Waals surface area contributed by atoms with Crippen LogP contribution in [0.4, 0.5) is 5.00 Å². The van der Waals surface area contributed by atoms with E-state index in [1.165, 1.54) is 35.5 Å². The van der Waals surface area contributed by atoms with Gasteiger partial charge in [-0.25, -0.2) is 4.98 Å². The number of hydrogen-bond donors (Lipinski definition) is 3. The first kappa shape index (κ1) is 18.1. The Morgan fingerprint density at radius 1 is 1.23 bits per heavy atom. The first-order chi connectivity index (χ1) is 12.5. The number of hydrogen-bond acceptors (Lipinski definition) is 6. The van der Waals surface area contributed by atoms with Crippen molar-refractivity contribution in [2.75, 3.05) is 5.32 Å². The van der Waals surface area contributed by atoms with Crippen molar-refractivity contribution in [3.8, 4) is 0 Å². The minimum Gasteiger partial charge on any atom is -0.328 e. The highest BCUT2D eigenvalue weighted by Gasteiger charge is 2.41. The number of nitrogens with two attached hydrogens (primary N) is 1. The lowest BCUT2D eigenvalue weighted by molar-refractivity contribution is 0.102. The van der Waals surface area contributed by atoms with Crippen LogP contribution in [0.1, 0.15) is 63.1 Å². The summed E-state index contributed by atoms with van der Waals surface area (Å²) in [6.45, 7) is 3.98. The lowest BCUT2D eigenvalue weighted by atomic mass is 9.92. The van der Waals surface area contributed by atoms with Gasteiger partial charge in [0.15, 0.2) is 0 Å². The molecule has 4 rings (SSSR count). The second kappa shape index (κ2) is 7.38. The van der Waals surface area contributed by atoms with Gasteiger partial charge in [0.1, 0.15) is 5.00 Å². The summed E-state index contributed by atoms with van der Waals surface area (Å²) in [4.78, 5) is 19.2. The number of nitrogens with zero attached hydrogens (tertiary/aromatic N) is 1. The van der Waals surface area contributed by atoms with E-state index in [1.54, 1.807) is 17.5 Å². The first-order valence-electron chi connectivity index (χ1n) is 9.35. The summed E-state index contributed by atoms with van der Waals surface area (Å²) < 4.78 is 0. The van der Waals surface area contributed by atoms with Crippen LogP contribution in [0.25, 0.3) is 0 Å². The van der Waals surface area contributed by atoms with Crippen molar-refractivity contribution >= 4 is 33.6 Å². The van der Waals surface area contributed by atoms with E-state index in [4.69, 9.17) is 5.73 Å². The lowest BCUT2D eigenvalue weighted by Gasteiger charge is -2.27. The predicted molar refractivity (Wildman–Crippen MR) is 108 cm³/mol. The van der Waals surface area contributed by atoms with Crippen LogP contribution in [0.2, 0.25) is 0 Å². The molecular weight excluding hydrogens is 364 g/mol. The van der Waals surface area contributed by atoms with Gasteiger partial charge in [0.05, 0.1) is 16.8 Å². The molecule has 0 aliphatic heterocycles. The third-order valence-corrected chi connectivity index (χ3v) is 7.43. The maximum atomic E-state index is 12.6. The van der Waals surface area contributed by atoms with Crippen molar-refractivity contribution in [1.82, 2.24) is 10.3 Å². The van der Waals surface area contributed by atoms with Gasteiger partial charge in [-0.2, -0.15) is 0 Å². The Balaban J connectivity index is 1.36. The summed E-state index contributed by atoms with van der Waals surface area (Å²) in [7, 11) is 0. The quantitative estimate of drug-likeness (QED) is 0.726. The van der Waals surface area contributed by atoms with Crippen LogP contribution in [0.15, 0.2) is 12.3 Å². The molecule has 26 heavy (non-hydrogen) atoms. The zero-order valence-corrected chi connectivity index (χ0v) is 16.9. The first-order valence-corrected chi connectivity index (χ1v) is 11.0. The van der Waals surface area contributed by atoms with Gasteiger partial charge < -0.3 is 16.4 Å². The van der Waals surface area contributed by atoms with E-state index in [2.05, 4.69) is 21.7 Å². The number of aromatic nitrogens is 1. The summed E-state index contributed by atoms with van der Waals surface area (Å²) in [5, 5.41) is 8.54. The van der Waals surface area contributed by atoms with Crippen molar-refractivity contribution in [2.45, 2.75) is 70.0 Å². The van der Waals surface area contributed by atoms with Crippen molar-refractivity contribution in [3.63, 3.8) is 0 Å². The monoisotopic (exact) mass is 390 g/mol. The average Bonchev–Trinajstić information content (AvgIpc) is 3.07. The molecule has 1 amide bonds. The maximum absolute atomic E-state index is 12.6. The van der Waals surface area contributed by atoms with E-state index in [9.17, 15) is 4.79 Å². The molecule has 4 N–H and O–H groups in total. The molecule has 0 bridgehead atoms. The number of anilines is 1. The summed E-state index contributed by atoms with van der Waals surface area (Å²) >= 11 is 3.27. The van der Waals surface area contributed by atoms with Crippen LogP contribution in [0.5, 0.6) is 0 Å². The van der Waals surface area contributed by atoms with Crippen molar-refractivity contribution in [2.24, 2.45) is 5.73 Å². The van der Waals surface area contributed by atoms with Crippen LogP contribution in [0.3, 0.4) is 0 Å². The molecular formula is C19H26N4OS2. The largest absolute Gasteiger partial charge is 0.328 e. The van der Waals surface area contributed by atoms with E-state index in [0.29, 0.717) is 24.0 Å². The summed E-state index contributed by atoms with van der Waals surface area (Å²) in [5.74, 6) is 0.529. The van der Waals surface area contributed by atoms with Gasteiger partial charge in [-0.1, -0.05) is 0 Å². The van der Waals surface area contributed by atoms with Gasteiger partial charge in [-0.3, -0.25) is 4.79 Å². The molecule has 0 saturated heterocycles. The van der Waals surface area contributed by atoms with E-state index in [-0.39, 0.29) is 5.91 Å². The highest BCUT2D eigenvalue weighted by atomic mass is 32.1. The Bertz CT molecular complexity index is 791. The smallest absolute Gasteiger partial charge is 0.257 e. The van der Waals surface area contributed by atoms with E-state index < -0.39 is 0 Å². The fourth-order valence-corrected chi connectivity index (χ4v) is 5.67. The highest BCUT2D eigenvalue weighted by Crippen LogP contribution is 2.45. The van der Waals surface area contributed by atoms with Gasteiger partial charge in [-0.05, 0) is 52.0 Å². The highest BCUT2D eigenvalue weighted by molar-refractivity contribution is 7.15. The van der Waals surface area contributed by atoms with E-state index in [1.807, 2.05) is 13.8 Å². The Hall–Kier alpha value is -1.28. The molecule has 2 aromatic heterocycles. The Morgan fingerprint density at radius 3 is 2.69 bits per heavy atom. The van der Waals surface area contributed by atoms with Gasteiger partial charge in [0.25, 0.3) is 5.91 Å². The number of amides is 1. The molecule has 2 aliphatic carbocycles. The molecule has 2 saturated carbocycles. The molecule has 140 valence electrons. The maximum Gasteiger partial charge on any atom is 0.257 e. The number of carbonyl (C=O) groups excluding carboxylic acids is 1. The van der Waals surface area contributed by atoms with Gasteiger partial charge in [-0.15, -0.1) is 22.7 Å². The Labute approximate surface area is 162 Å². The fraction of sp³-hybridized carbons (Fsp3) is 0.579. The number of thiophene rings is 1. The SMILES string of the molecule is Cc1ncc(NC(=O)c2cc(C3CC3NC3CCC(N)CC3)sc2C)s1. The minimum absolute atomic E-state index is 0.0277. The van der Waals surface area contributed by atoms with Crippen molar-refractivity contribution in [1.29, 1.82) is 0 Å². The topological polar surface area (TPSA) is 80.0 Å². The lowest BCUT2D eigenvalue weighted by Crippen LogP contribution is -2.38. The molecule has 2 heterocycles. The normalized spacial score (nSPS) is 28.1. The minimum atomic E-state index is -0.0277. The molecule has 5 nitrogen and oxygen atoms in total. The van der Waals surface area contributed by atoms with Gasteiger partial charge in [0.2, 0.25) is 0 Å². The molecule has 7 heteroatoms. The number of thiazole rings is 1. The van der Waals surface area contributed by atoms with Crippen LogP contribution in [-0.2, 0) is 0 Å². The van der Waals surface area contributed by atoms with Crippen molar-refractivity contribution in [3.05, 3.63) is 32.6 Å². The second-order valence-corrected chi connectivity index (χ2v) is 10.1. The molecule has 2 fully saturated rings. The molecule has 2 aliphatic rings. The number of carbonyl (C=O) groups is 1. The molecule has 2 aromatic rings. The molecule has 0 radical (unpaired) electrons. The van der Waals surface area contributed by atoms with Crippen LogP contribution in [0, 0.1) is 13.8 Å². The fourth-order valence-electron chi connectivity index (χ4n) is 3.79. The summed E-state index contributed by atoms with van der Waals surface area (Å²) in [5.41, 5.74) is 6.80. The zero-order chi connectivity index (χ0) is 18.3. The number of aryl methyl sites for hydroxylation is 2. The summed E-state index contributed by atoms with van der Waals surface area (Å²) in [6.07, 6.45) is 7.55. The number of rotatable bonds is 5. The van der Waals surface area contributed by atoms with Crippen molar-refractivity contribution < 1.29 is 4.79 Å². The molecule has 0 spiro atoms.